The van der Waals surface area contributed by atoms with E-state index in [1.54, 1.807) is 6.20 Å². The van der Waals surface area contributed by atoms with Crippen LogP contribution in [0.15, 0.2) is 6.20 Å². The zero-order chi connectivity index (χ0) is 14.7. The Bertz CT molecular complexity index is 427. The van der Waals surface area contributed by atoms with Gasteiger partial charge < -0.3 is 5.32 Å². The molecule has 1 aromatic rings. The van der Waals surface area contributed by atoms with E-state index >= 15 is 0 Å². The van der Waals surface area contributed by atoms with Crippen LogP contribution < -0.4 is 5.32 Å². The van der Waals surface area contributed by atoms with Crippen molar-refractivity contribution in [2.24, 2.45) is 11.8 Å². The van der Waals surface area contributed by atoms with Crippen molar-refractivity contribution in [3.8, 4) is 0 Å². The average molecular weight is 298 g/mol. The van der Waals surface area contributed by atoms with Gasteiger partial charge in [0, 0.05) is 6.04 Å². The van der Waals surface area contributed by atoms with Crippen molar-refractivity contribution in [3.63, 3.8) is 0 Å². The highest BCUT2D eigenvalue weighted by Gasteiger charge is 2.31. The molecule has 1 aromatic heterocycles. The third kappa shape index (κ3) is 3.37. The van der Waals surface area contributed by atoms with Crippen molar-refractivity contribution in [2.45, 2.75) is 65.5 Å². The molecular formula is C16H28ClN3. The van der Waals surface area contributed by atoms with Crippen LogP contribution in [0.2, 0.25) is 5.02 Å². The van der Waals surface area contributed by atoms with E-state index in [1.807, 2.05) is 0 Å². The predicted molar refractivity (Wildman–Crippen MR) is 85.2 cm³/mol. The van der Waals surface area contributed by atoms with Crippen molar-refractivity contribution >= 4 is 11.6 Å². The van der Waals surface area contributed by atoms with Gasteiger partial charge in [-0.05, 0) is 45.1 Å². The molecule has 0 aromatic carbocycles. The lowest BCUT2D eigenvalue weighted by Crippen LogP contribution is -2.33. The normalized spacial score (nSPS) is 25.1. The first-order valence-electron chi connectivity index (χ1n) is 8.00. The van der Waals surface area contributed by atoms with Gasteiger partial charge in [-0.3, -0.25) is 4.68 Å². The lowest BCUT2D eigenvalue weighted by Gasteiger charge is -2.34. The maximum absolute atomic E-state index is 6.45. The Morgan fingerprint density at radius 1 is 1.45 bits per heavy atom. The Balaban J connectivity index is 2.30. The van der Waals surface area contributed by atoms with E-state index < -0.39 is 0 Å². The van der Waals surface area contributed by atoms with Crippen molar-refractivity contribution in [1.82, 2.24) is 15.1 Å². The summed E-state index contributed by atoms with van der Waals surface area (Å²) in [6.07, 6.45) is 7.08. The van der Waals surface area contributed by atoms with Crippen LogP contribution in [0, 0.1) is 11.8 Å². The van der Waals surface area contributed by atoms with E-state index in [1.165, 1.54) is 31.4 Å². The monoisotopic (exact) mass is 297 g/mol. The summed E-state index contributed by atoms with van der Waals surface area (Å²) in [4.78, 5) is 0. The zero-order valence-corrected chi connectivity index (χ0v) is 14.0. The first-order chi connectivity index (χ1) is 9.54. The fourth-order valence-corrected chi connectivity index (χ4v) is 3.79. The molecule has 0 saturated heterocycles. The summed E-state index contributed by atoms with van der Waals surface area (Å²) in [5.74, 6) is 1.49. The smallest absolute Gasteiger partial charge is 0.0834 e. The van der Waals surface area contributed by atoms with E-state index in [0.29, 0.717) is 18.0 Å². The second-order valence-electron chi connectivity index (χ2n) is 6.48. The van der Waals surface area contributed by atoms with Gasteiger partial charge in [-0.15, -0.1) is 0 Å². The Kier molecular flexibility index (Phi) is 5.50. The Hall–Kier alpha value is -0.540. The highest BCUT2D eigenvalue weighted by atomic mass is 35.5. The standard InChI is InChI=1S/C16H28ClN3/c1-5-18-15(13-8-6-7-12(4)9-13)16-14(17)10-19-20(16)11(2)3/h10-13,15,18H,5-9H2,1-4H3. The Morgan fingerprint density at radius 3 is 2.80 bits per heavy atom. The minimum absolute atomic E-state index is 0.333. The minimum atomic E-state index is 0.333. The molecule has 1 saturated carbocycles. The van der Waals surface area contributed by atoms with Crippen LogP contribution in [0.1, 0.15) is 71.2 Å². The third-order valence-electron chi connectivity index (χ3n) is 4.44. The lowest BCUT2D eigenvalue weighted by atomic mass is 9.77. The molecule has 3 nitrogen and oxygen atoms in total. The molecule has 4 heteroatoms. The first-order valence-corrected chi connectivity index (χ1v) is 8.38. The van der Waals surface area contributed by atoms with Gasteiger partial charge in [-0.25, -0.2) is 0 Å². The molecule has 0 spiro atoms. The quantitative estimate of drug-likeness (QED) is 0.861. The largest absolute Gasteiger partial charge is 0.309 e. The summed E-state index contributed by atoms with van der Waals surface area (Å²) in [5, 5.41) is 8.95. The topological polar surface area (TPSA) is 29.9 Å². The molecule has 2 rings (SSSR count). The number of aromatic nitrogens is 2. The van der Waals surface area contributed by atoms with Crippen LogP contribution in [0.5, 0.6) is 0 Å². The van der Waals surface area contributed by atoms with E-state index in [4.69, 9.17) is 11.6 Å². The van der Waals surface area contributed by atoms with Gasteiger partial charge in [0.15, 0.2) is 0 Å². The van der Waals surface area contributed by atoms with Gasteiger partial charge in [0.2, 0.25) is 0 Å². The molecule has 0 bridgehead atoms. The molecule has 3 unspecified atom stereocenters. The SMILES string of the molecule is CCNC(c1c(Cl)cnn1C(C)C)C1CCCC(C)C1. The molecule has 1 aliphatic carbocycles. The lowest BCUT2D eigenvalue weighted by molar-refractivity contribution is 0.217. The van der Waals surface area contributed by atoms with Crippen molar-refractivity contribution in [2.75, 3.05) is 6.54 Å². The number of hydrogen-bond donors (Lipinski definition) is 1. The second-order valence-corrected chi connectivity index (χ2v) is 6.89. The summed E-state index contributed by atoms with van der Waals surface area (Å²) >= 11 is 6.45. The molecule has 0 radical (unpaired) electrons. The molecule has 114 valence electrons. The number of halogens is 1. The fourth-order valence-electron chi connectivity index (χ4n) is 3.54. The van der Waals surface area contributed by atoms with E-state index in [9.17, 15) is 0 Å². The molecule has 1 fully saturated rings. The summed E-state index contributed by atoms with van der Waals surface area (Å²) in [5.41, 5.74) is 1.18. The van der Waals surface area contributed by atoms with Crippen molar-refractivity contribution < 1.29 is 0 Å². The summed E-state index contributed by atoms with van der Waals surface area (Å²) in [6, 6.07) is 0.680. The number of nitrogens with zero attached hydrogens (tertiary/aromatic N) is 2. The van der Waals surface area contributed by atoms with Gasteiger partial charge in [0.05, 0.1) is 23.0 Å². The van der Waals surface area contributed by atoms with Gasteiger partial charge in [-0.2, -0.15) is 5.10 Å². The highest BCUT2D eigenvalue weighted by Crippen LogP contribution is 2.39. The minimum Gasteiger partial charge on any atom is -0.309 e. The molecule has 3 atom stereocenters. The molecule has 1 N–H and O–H groups in total. The van der Waals surface area contributed by atoms with Crippen molar-refractivity contribution in [3.05, 3.63) is 16.9 Å². The third-order valence-corrected chi connectivity index (χ3v) is 4.73. The molecule has 0 aliphatic heterocycles. The summed E-state index contributed by atoms with van der Waals surface area (Å²) < 4.78 is 2.09. The molecule has 1 aliphatic rings. The Labute approximate surface area is 128 Å². The maximum atomic E-state index is 6.45. The maximum Gasteiger partial charge on any atom is 0.0834 e. The van der Waals surface area contributed by atoms with Crippen LogP contribution in [0.4, 0.5) is 0 Å². The van der Waals surface area contributed by atoms with E-state index in [0.717, 1.165) is 17.5 Å². The number of nitrogens with one attached hydrogen (secondary N) is 1. The van der Waals surface area contributed by atoms with Gasteiger partial charge in [0.25, 0.3) is 0 Å². The molecule has 0 amide bonds. The highest BCUT2D eigenvalue weighted by molar-refractivity contribution is 6.31. The summed E-state index contributed by atoms with van der Waals surface area (Å²) in [6.45, 7) is 9.84. The van der Waals surface area contributed by atoms with Crippen LogP contribution >= 0.6 is 11.6 Å². The second kappa shape index (κ2) is 6.95. The zero-order valence-electron chi connectivity index (χ0n) is 13.2. The fraction of sp³-hybridized carbons (Fsp3) is 0.812. The molecule has 20 heavy (non-hydrogen) atoms. The van der Waals surface area contributed by atoms with Crippen LogP contribution in [-0.4, -0.2) is 16.3 Å². The number of rotatable bonds is 5. The molecule has 1 heterocycles. The predicted octanol–water partition coefficient (Wildman–Crippen LogP) is 4.59. The average Bonchev–Trinajstić information content (AvgIpc) is 2.78. The van der Waals surface area contributed by atoms with Gasteiger partial charge in [-0.1, -0.05) is 38.3 Å². The summed E-state index contributed by atoms with van der Waals surface area (Å²) in [7, 11) is 0. The number of hydrogen-bond acceptors (Lipinski definition) is 2. The van der Waals surface area contributed by atoms with Gasteiger partial charge >= 0.3 is 0 Å². The van der Waals surface area contributed by atoms with Crippen LogP contribution in [0.25, 0.3) is 0 Å². The Morgan fingerprint density at radius 2 is 2.20 bits per heavy atom. The molecular weight excluding hydrogens is 270 g/mol. The van der Waals surface area contributed by atoms with E-state index in [2.05, 4.69) is 42.8 Å². The van der Waals surface area contributed by atoms with Crippen LogP contribution in [-0.2, 0) is 0 Å². The van der Waals surface area contributed by atoms with Gasteiger partial charge in [0.1, 0.15) is 0 Å². The van der Waals surface area contributed by atoms with Crippen molar-refractivity contribution in [1.29, 1.82) is 0 Å². The van der Waals surface area contributed by atoms with E-state index in [-0.39, 0.29) is 0 Å². The first kappa shape index (κ1) is 15.8. The van der Waals surface area contributed by atoms with Crippen LogP contribution in [0.3, 0.4) is 0 Å².